The molecule has 1 aromatic heterocycles. The second-order valence-electron chi connectivity index (χ2n) is 3.99. The highest BCUT2D eigenvalue weighted by Gasteiger charge is 2.13. The summed E-state index contributed by atoms with van der Waals surface area (Å²) < 4.78 is 31.9. The van der Waals surface area contributed by atoms with Crippen LogP contribution in [0.3, 0.4) is 0 Å². The van der Waals surface area contributed by atoms with Gasteiger partial charge in [-0.15, -0.1) is 0 Å². The summed E-state index contributed by atoms with van der Waals surface area (Å²) in [5.41, 5.74) is 6.21. The molecular weight excluding hydrogens is 252 g/mol. The monoisotopic (exact) mass is 265 g/mol. The summed E-state index contributed by atoms with van der Waals surface area (Å²) in [6, 6.07) is 2.96. The first-order chi connectivity index (χ1) is 9.01. The van der Waals surface area contributed by atoms with Crippen molar-refractivity contribution in [3.8, 4) is 11.6 Å². The minimum atomic E-state index is -0.670. The quantitative estimate of drug-likeness (QED) is 0.926. The molecule has 2 rings (SSSR count). The van der Waals surface area contributed by atoms with Crippen molar-refractivity contribution < 1.29 is 13.5 Å². The number of anilines is 1. The molecule has 0 saturated heterocycles. The lowest BCUT2D eigenvalue weighted by Crippen LogP contribution is -2.04. The SMILES string of the molecule is CCc1nc(N)c(C)c(Oc2cc(F)ccc2F)n1. The normalized spacial score (nSPS) is 10.5. The molecule has 0 aliphatic heterocycles. The molecule has 4 nitrogen and oxygen atoms in total. The van der Waals surface area contributed by atoms with E-state index < -0.39 is 11.6 Å². The Morgan fingerprint density at radius 2 is 2.00 bits per heavy atom. The standard InChI is InChI=1S/C13H13F2N3O/c1-3-11-17-12(16)7(2)13(18-11)19-10-6-8(14)4-5-9(10)15/h4-6H,3H2,1-2H3,(H2,16,17,18). The van der Waals surface area contributed by atoms with E-state index in [0.29, 0.717) is 17.8 Å². The molecule has 2 N–H and O–H groups in total. The van der Waals surface area contributed by atoms with Gasteiger partial charge in [0.05, 0.1) is 5.56 Å². The largest absolute Gasteiger partial charge is 0.435 e. The summed E-state index contributed by atoms with van der Waals surface area (Å²) in [7, 11) is 0. The van der Waals surface area contributed by atoms with Gasteiger partial charge in [-0.2, -0.15) is 4.98 Å². The van der Waals surface area contributed by atoms with Gasteiger partial charge in [0.1, 0.15) is 17.5 Å². The van der Waals surface area contributed by atoms with Crippen LogP contribution in [0.15, 0.2) is 18.2 Å². The van der Waals surface area contributed by atoms with Crippen molar-refractivity contribution in [3.63, 3.8) is 0 Å². The zero-order valence-electron chi connectivity index (χ0n) is 10.6. The number of nitrogens with two attached hydrogens (primary N) is 1. The first kappa shape index (κ1) is 13.2. The van der Waals surface area contributed by atoms with Gasteiger partial charge in [0.25, 0.3) is 0 Å². The summed E-state index contributed by atoms with van der Waals surface area (Å²) in [5, 5.41) is 0. The van der Waals surface area contributed by atoms with Gasteiger partial charge in [-0.1, -0.05) is 6.92 Å². The molecule has 1 aromatic carbocycles. The second-order valence-corrected chi connectivity index (χ2v) is 3.99. The minimum Gasteiger partial charge on any atom is -0.435 e. The Morgan fingerprint density at radius 1 is 1.26 bits per heavy atom. The van der Waals surface area contributed by atoms with Gasteiger partial charge in [-0.25, -0.2) is 13.8 Å². The molecule has 1 heterocycles. The van der Waals surface area contributed by atoms with Crippen LogP contribution in [0, 0.1) is 18.6 Å². The molecule has 0 spiro atoms. The summed E-state index contributed by atoms with van der Waals surface area (Å²) in [6.45, 7) is 3.51. The number of aromatic nitrogens is 2. The highest BCUT2D eigenvalue weighted by atomic mass is 19.1. The minimum absolute atomic E-state index is 0.133. The Hall–Kier alpha value is -2.24. The number of nitrogens with zero attached hydrogens (tertiary/aromatic N) is 2. The summed E-state index contributed by atoms with van der Waals surface area (Å²) in [5.74, 6) is -0.617. The molecule has 19 heavy (non-hydrogen) atoms. The fourth-order valence-electron chi connectivity index (χ4n) is 1.48. The number of rotatable bonds is 3. The maximum absolute atomic E-state index is 13.5. The third-order valence-corrected chi connectivity index (χ3v) is 2.60. The molecule has 100 valence electrons. The molecule has 0 aliphatic rings. The molecule has 0 aliphatic carbocycles. The van der Waals surface area contributed by atoms with Gasteiger partial charge in [-0.3, -0.25) is 0 Å². The van der Waals surface area contributed by atoms with Gasteiger partial charge in [0.15, 0.2) is 11.6 Å². The molecule has 2 aromatic rings. The summed E-state index contributed by atoms with van der Waals surface area (Å²) in [6.07, 6.45) is 0.562. The maximum atomic E-state index is 13.5. The van der Waals surface area contributed by atoms with E-state index in [1.165, 1.54) is 0 Å². The third-order valence-electron chi connectivity index (χ3n) is 2.60. The predicted molar refractivity (Wildman–Crippen MR) is 67.0 cm³/mol. The molecule has 0 atom stereocenters. The molecule has 0 unspecified atom stereocenters. The molecule has 6 heteroatoms. The van der Waals surface area contributed by atoms with Crippen molar-refractivity contribution in [2.24, 2.45) is 0 Å². The number of hydrogen-bond acceptors (Lipinski definition) is 4. The lowest BCUT2D eigenvalue weighted by atomic mass is 10.3. The van der Waals surface area contributed by atoms with E-state index in [0.717, 1.165) is 18.2 Å². The average molecular weight is 265 g/mol. The van der Waals surface area contributed by atoms with Crippen molar-refractivity contribution in [2.45, 2.75) is 20.3 Å². The molecule has 0 fully saturated rings. The number of aryl methyl sites for hydroxylation is 1. The van der Waals surface area contributed by atoms with E-state index in [4.69, 9.17) is 10.5 Å². The van der Waals surface area contributed by atoms with Crippen LogP contribution in [0.5, 0.6) is 11.6 Å². The second kappa shape index (κ2) is 5.17. The fourth-order valence-corrected chi connectivity index (χ4v) is 1.48. The lowest BCUT2D eigenvalue weighted by molar-refractivity contribution is 0.417. The van der Waals surface area contributed by atoms with Crippen LogP contribution in [0.4, 0.5) is 14.6 Å². The van der Waals surface area contributed by atoms with Crippen LogP contribution in [-0.2, 0) is 6.42 Å². The molecule has 0 radical (unpaired) electrons. The van der Waals surface area contributed by atoms with Gasteiger partial charge in [-0.05, 0) is 19.1 Å². The molecule has 0 amide bonds. The van der Waals surface area contributed by atoms with Gasteiger partial charge < -0.3 is 10.5 Å². The van der Waals surface area contributed by atoms with Crippen molar-refractivity contribution in [3.05, 3.63) is 41.2 Å². The van der Waals surface area contributed by atoms with E-state index in [-0.39, 0.29) is 17.4 Å². The first-order valence-corrected chi connectivity index (χ1v) is 5.77. The zero-order chi connectivity index (χ0) is 14.0. The topological polar surface area (TPSA) is 61.0 Å². The summed E-state index contributed by atoms with van der Waals surface area (Å²) in [4.78, 5) is 8.17. The van der Waals surface area contributed by atoms with Gasteiger partial charge in [0.2, 0.25) is 5.88 Å². The van der Waals surface area contributed by atoms with E-state index in [1.807, 2.05) is 6.92 Å². The van der Waals surface area contributed by atoms with Crippen molar-refractivity contribution >= 4 is 5.82 Å². The lowest BCUT2D eigenvalue weighted by Gasteiger charge is -2.11. The van der Waals surface area contributed by atoms with Crippen LogP contribution in [0.2, 0.25) is 0 Å². The molecule has 0 bridgehead atoms. The van der Waals surface area contributed by atoms with Crippen molar-refractivity contribution in [2.75, 3.05) is 5.73 Å². The van der Waals surface area contributed by atoms with Gasteiger partial charge in [0, 0.05) is 12.5 Å². The number of ether oxygens (including phenoxy) is 1. The molecular formula is C13H13F2N3O. The van der Waals surface area contributed by atoms with Crippen LogP contribution in [-0.4, -0.2) is 9.97 Å². The fraction of sp³-hybridized carbons (Fsp3) is 0.231. The Morgan fingerprint density at radius 3 is 2.68 bits per heavy atom. The van der Waals surface area contributed by atoms with E-state index in [1.54, 1.807) is 6.92 Å². The Bertz CT molecular complexity index is 617. The Kier molecular flexibility index (Phi) is 3.59. The van der Waals surface area contributed by atoms with Gasteiger partial charge >= 0.3 is 0 Å². The van der Waals surface area contributed by atoms with E-state index in [2.05, 4.69) is 9.97 Å². The number of halogens is 2. The summed E-state index contributed by atoms with van der Waals surface area (Å²) >= 11 is 0. The van der Waals surface area contributed by atoms with Crippen molar-refractivity contribution in [1.82, 2.24) is 9.97 Å². The predicted octanol–water partition coefficient (Wildman–Crippen LogP) is 3.00. The number of hydrogen-bond donors (Lipinski definition) is 1. The first-order valence-electron chi connectivity index (χ1n) is 5.77. The van der Waals surface area contributed by atoms with E-state index in [9.17, 15) is 8.78 Å². The van der Waals surface area contributed by atoms with E-state index >= 15 is 0 Å². The third kappa shape index (κ3) is 2.78. The van der Waals surface area contributed by atoms with Crippen LogP contribution in [0.1, 0.15) is 18.3 Å². The highest BCUT2D eigenvalue weighted by molar-refractivity contribution is 5.46. The number of nitrogen functional groups attached to an aromatic ring is 1. The Labute approximate surface area is 109 Å². The van der Waals surface area contributed by atoms with Crippen LogP contribution < -0.4 is 10.5 Å². The Balaban J connectivity index is 2.42. The van der Waals surface area contributed by atoms with Crippen molar-refractivity contribution in [1.29, 1.82) is 0 Å². The van der Waals surface area contributed by atoms with Crippen LogP contribution in [0.25, 0.3) is 0 Å². The smallest absolute Gasteiger partial charge is 0.227 e. The maximum Gasteiger partial charge on any atom is 0.227 e. The molecule has 0 saturated carbocycles. The van der Waals surface area contributed by atoms with Crippen LogP contribution >= 0.6 is 0 Å². The highest BCUT2D eigenvalue weighted by Crippen LogP contribution is 2.28. The average Bonchev–Trinajstić information content (AvgIpc) is 2.38. The number of benzene rings is 1. The zero-order valence-corrected chi connectivity index (χ0v) is 10.6.